The summed E-state index contributed by atoms with van der Waals surface area (Å²) < 4.78 is 34.8. The van der Waals surface area contributed by atoms with Gasteiger partial charge in [-0.2, -0.15) is 4.31 Å². The van der Waals surface area contributed by atoms with Gasteiger partial charge in [0, 0.05) is 37.0 Å². The van der Waals surface area contributed by atoms with Gasteiger partial charge in [0.1, 0.15) is 16.5 Å². The molecule has 0 aliphatic rings. The van der Waals surface area contributed by atoms with Gasteiger partial charge in [0.15, 0.2) is 0 Å². The molecular weight excluding hydrogens is 464 g/mol. The van der Waals surface area contributed by atoms with Crippen molar-refractivity contribution >= 4 is 32.7 Å². The first kappa shape index (κ1) is 24.4. The van der Waals surface area contributed by atoms with Crippen molar-refractivity contribution < 1.29 is 17.9 Å². The lowest BCUT2D eigenvalue weighted by molar-refractivity contribution is 0.102. The van der Waals surface area contributed by atoms with Gasteiger partial charge in [-0.05, 0) is 54.6 Å². The van der Waals surface area contributed by atoms with Gasteiger partial charge < -0.3 is 14.6 Å². The largest absolute Gasteiger partial charge is 0.495 e. The number of aromatic nitrogens is 2. The highest BCUT2D eigenvalue weighted by Crippen LogP contribution is 2.29. The van der Waals surface area contributed by atoms with Crippen LogP contribution in [0.4, 0.5) is 5.69 Å². The molecule has 0 aliphatic carbocycles. The number of nitrogens with one attached hydrogen (secondary N) is 1. The number of carbonyl (C=O) groups is 1. The number of aryl methyl sites for hydroxylation is 1. The summed E-state index contributed by atoms with van der Waals surface area (Å²) in [5.41, 5.74) is 3.67. The Labute approximate surface area is 205 Å². The topological polar surface area (TPSA) is 93.5 Å². The highest BCUT2D eigenvalue weighted by molar-refractivity contribution is 7.89. The molecule has 0 bridgehead atoms. The van der Waals surface area contributed by atoms with Crippen LogP contribution >= 0.6 is 0 Å². The van der Waals surface area contributed by atoms with E-state index < -0.39 is 15.9 Å². The molecule has 0 unspecified atom stereocenters. The minimum atomic E-state index is -3.81. The van der Waals surface area contributed by atoms with E-state index in [0.717, 1.165) is 22.4 Å². The van der Waals surface area contributed by atoms with E-state index in [1.165, 1.54) is 23.5 Å². The predicted octanol–water partition coefficient (Wildman–Crippen LogP) is 4.53. The van der Waals surface area contributed by atoms with Gasteiger partial charge in [-0.1, -0.05) is 26.0 Å². The maximum absolute atomic E-state index is 13.1. The number of fused-ring (bicyclic) bond motifs is 1. The molecule has 1 amide bonds. The van der Waals surface area contributed by atoms with Crippen molar-refractivity contribution in [2.45, 2.75) is 18.7 Å². The fourth-order valence-corrected chi connectivity index (χ4v) is 5.67. The fourth-order valence-electron chi connectivity index (χ4n) is 4.03. The zero-order valence-corrected chi connectivity index (χ0v) is 21.0. The number of hydrogen-bond acceptors (Lipinski definition) is 5. The van der Waals surface area contributed by atoms with Crippen molar-refractivity contribution in [2.75, 3.05) is 25.5 Å². The number of methoxy groups -OCH3 is 1. The summed E-state index contributed by atoms with van der Waals surface area (Å²) in [6.07, 6.45) is 0. The van der Waals surface area contributed by atoms with E-state index in [1.807, 2.05) is 48.0 Å². The maximum Gasteiger partial charge on any atom is 0.255 e. The number of rotatable bonds is 8. The van der Waals surface area contributed by atoms with E-state index in [-0.39, 0.29) is 16.2 Å². The van der Waals surface area contributed by atoms with Gasteiger partial charge in [0.2, 0.25) is 10.0 Å². The van der Waals surface area contributed by atoms with Gasteiger partial charge in [-0.3, -0.25) is 4.79 Å². The molecule has 1 heterocycles. The summed E-state index contributed by atoms with van der Waals surface area (Å²) in [5, 5.41) is 2.84. The quantitative estimate of drug-likeness (QED) is 0.390. The highest BCUT2D eigenvalue weighted by Gasteiger charge is 2.27. The second-order valence-electron chi connectivity index (χ2n) is 7.97. The van der Waals surface area contributed by atoms with Gasteiger partial charge in [-0.25, -0.2) is 13.4 Å². The molecule has 1 aromatic heterocycles. The number of amides is 1. The number of nitrogens with zero attached hydrogens (tertiary/aromatic N) is 3. The van der Waals surface area contributed by atoms with Crippen LogP contribution in [0, 0.1) is 0 Å². The Balaban J connectivity index is 1.59. The van der Waals surface area contributed by atoms with Crippen molar-refractivity contribution in [2.24, 2.45) is 7.05 Å². The molecule has 35 heavy (non-hydrogen) atoms. The number of anilines is 1. The third-order valence-electron chi connectivity index (χ3n) is 5.94. The molecule has 3 aromatic carbocycles. The Bertz CT molecular complexity index is 1470. The monoisotopic (exact) mass is 492 g/mol. The Kier molecular flexibility index (Phi) is 6.90. The van der Waals surface area contributed by atoms with E-state index in [0.29, 0.717) is 18.8 Å². The Hall–Kier alpha value is -3.69. The second kappa shape index (κ2) is 9.89. The lowest BCUT2D eigenvalue weighted by Crippen LogP contribution is -2.31. The molecule has 0 aliphatic heterocycles. The number of sulfonamides is 1. The van der Waals surface area contributed by atoms with Crippen molar-refractivity contribution in [3.63, 3.8) is 0 Å². The first-order valence-corrected chi connectivity index (χ1v) is 12.8. The molecule has 0 radical (unpaired) electrons. The molecule has 0 atom stereocenters. The van der Waals surface area contributed by atoms with Crippen LogP contribution in [-0.4, -0.2) is 48.4 Å². The van der Waals surface area contributed by atoms with Crippen LogP contribution in [0.1, 0.15) is 24.2 Å². The van der Waals surface area contributed by atoms with Crippen molar-refractivity contribution in [1.82, 2.24) is 13.9 Å². The van der Waals surface area contributed by atoms with Gasteiger partial charge in [0.25, 0.3) is 5.91 Å². The summed E-state index contributed by atoms with van der Waals surface area (Å²) >= 11 is 0. The van der Waals surface area contributed by atoms with E-state index in [2.05, 4.69) is 5.32 Å². The number of benzene rings is 3. The normalized spacial score (nSPS) is 11.7. The summed E-state index contributed by atoms with van der Waals surface area (Å²) in [6.45, 7) is 4.16. The number of carbonyl (C=O) groups excluding carboxylic acids is 1. The summed E-state index contributed by atoms with van der Waals surface area (Å²) in [4.78, 5) is 17.6. The van der Waals surface area contributed by atoms with Crippen LogP contribution in [-0.2, 0) is 17.1 Å². The van der Waals surface area contributed by atoms with E-state index in [4.69, 9.17) is 9.72 Å². The molecule has 0 spiro atoms. The maximum atomic E-state index is 13.1. The SMILES string of the molecule is CCN(CC)S(=O)(=O)c1cc(C(=O)Nc2ccc(-c3nc4ccccc4n3C)cc2)ccc1OC. The molecule has 8 nitrogen and oxygen atoms in total. The van der Waals surface area contributed by atoms with Gasteiger partial charge in [0.05, 0.1) is 18.1 Å². The molecule has 9 heteroatoms. The minimum absolute atomic E-state index is 0.0338. The molecule has 4 aromatic rings. The lowest BCUT2D eigenvalue weighted by atomic mass is 10.1. The second-order valence-corrected chi connectivity index (χ2v) is 9.88. The van der Waals surface area contributed by atoms with Crippen molar-refractivity contribution in [3.05, 3.63) is 72.3 Å². The summed E-state index contributed by atoms with van der Waals surface area (Å²) in [6, 6.07) is 19.7. The first-order valence-electron chi connectivity index (χ1n) is 11.3. The van der Waals surface area contributed by atoms with E-state index in [1.54, 1.807) is 32.0 Å². The van der Waals surface area contributed by atoms with Crippen LogP contribution in [0.3, 0.4) is 0 Å². The van der Waals surface area contributed by atoms with Crippen LogP contribution in [0.15, 0.2) is 71.6 Å². The third-order valence-corrected chi connectivity index (χ3v) is 8.01. The smallest absolute Gasteiger partial charge is 0.255 e. The van der Waals surface area contributed by atoms with Crippen LogP contribution in [0.2, 0.25) is 0 Å². The zero-order valence-electron chi connectivity index (χ0n) is 20.1. The van der Waals surface area contributed by atoms with Gasteiger partial charge in [-0.15, -0.1) is 0 Å². The lowest BCUT2D eigenvalue weighted by Gasteiger charge is -2.20. The molecule has 0 saturated carbocycles. The average Bonchev–Trinajstić information content (AvgIpc) is 3.21. The van der Waals surface area contributed by atoms with Crippen molar-refractivity contribution in [3.8, 4) is 17.1 Å². The Morgan fingerprint density at radius 2 is 1.71 bits per heavy atom. The number of para-hydroxylation sites is 2. The van der Waals surface area contributed by atoms with Crippen molar-refractivity contribution in [1.29, 1.82) is 0 Å². The number of ether oxygens (including phenoxy) is 1. The van der Waals surface area contributed by atoms with E-state index in [9.17, 15) is 13.2 Å². The Morgan fingerprint density at radius 3 is 2.34 bits per heavy atom. The zero-order chi connectivity index (χ0) is 25.2. The molecule has 4 rings (SSSR count). The Morgan fingerprint density at radius 1 is 1.03 bits per heavy atom. The standard InChI is InChI=1S/C26H28N4O4S/c1-5-30(6-2)35(32,33)24-17-19(13-16-23(24)34-4)26(31)27-20-14-11-18(12-15-20)25-28-21-9-7-8-10-22(21)29(25)3/h7-17H,5-6H2,1-4H3,(H,27,31). The first-order chi connectivity index (χ1) is 16.8. The predicted molar refractivity (Wildman–Crippen MR) is 137 cm³/mol. The fraction of sp³-hybridized carbons (Fsp3) is 0.231. The highest BCUT2D eigenvalue weighted by atomic mass is 32.2. The van der Waals surface area contributed by atoms with Gasteiger partial charge >= 0.3 is 0 Å². The third kappa shape index (κ3) is 4.65. The van der Waals surface area contributed by atoms with Crippen LogP contribution in [0.5, 0.6) is 5.75 Å². The number of imidazole rings is 1. The minimum Gasteiger partial charge on any atom is -0.495 e. The summed E-state index contributed by atoms with van der Waals surface area (Å²) in [7, 11) is -0.434. The molecule has 0 saturated heterocycles. The van der Waals surface area contributed by atoms with Crippen LogP contribution in [0.25, 0.3) is 22.4 Å². The summed E-state index contributed by atoms with van der Waals surface area (Å²) in [5.74, 6) is 0.602. The molecular formula is C26H28N4O4S. The number of hydrogen-bond donors (Lipinski definition) is 1. The average molecular weight is 493 g/mol. The molecule has 182 valence electrons. The van der Waals surface area contributed by atoms with Crippen LogP contribution < -0.4 is 10.1 Å². The molecule has 0 fully saturated rings. The van der Waals surface area contributed by atoms with E-state index >= 15 is 0 Å². The molecule has 1 N–H and O–H groups in total.